The van der Waals surface area contributed by atoms with E-state index in [0.29, 0.717) is 12.5 Å². The minimum Gasteiger partial charge on any atom is -0.370 e. The molecule has 1 rings (SSSR count). The van der Waals surface area contributed by atoms with Crippen molar-refractivity contribution in [2.45, 2.75) is 13.3 Å². The third-order valence-corrected chi connectivity index (χ3v) is 1.90. The fraction of sp³-hybridized carbons (Fsp3) is 0.556. The number of imidazole rings is 1. The van der Waals surface area contributed by atoms with Crippen LogP contribution >= 0.6 is 0 Å². The normalized spacial score (nSPS) is 11.7. The third kappa shape index (κ3) is 3.08. The zero-order valence-electron chi connectivity index (χ0n) is 8.70. The summed E-state index contributed by atoms with van der Waals surface area (Å²) in [4.78, 5) is 8.35. The Morgan fingerprint density at radius 1 is 1.71 bits per heavy atom. The van der Waals surface area contributed by atoms with Crippen LogP contribution in [-0.4, -0.2) is 28.6 Å². The average molecular weight is 195 g/mol. The van der Waals surface area contributed by atoms with Crippen LogP contribution in [0.15, 0.2) is 17.4 Å². The number of hydrogen-bond acceptors (Lipinski definition) is 2. The molecular weight excluding hydrogens is 178 g/mol. The zero-order valence-corrected chi connectivity index (χ0v) is 8.70. The molecule has 0 unspecified atom stereocenters. The van der Waals surface area contributed by atoms with Crippen LogP contribution in [0.4, 0.5) is 0 Å². The summed E-state index contributed by atoms with van der Waals surface area (Å²) in [6.07, 6.45) is 4.52. The SMILES string of the molecule is CCNC(N)=NCCc1nccn1C. The van der Waals surface area contributed by atoms with Crippen LogP contribution in [0.2, 0.25) is 0 Å². The Morgan fingerprint density at radius 2 is 2.50 bits per heavy atom. The van der Waals surface area contributed by atoms with Gasteiger partial charge in [-0.2, -0.15) is 0 Å². The van der Waals surface area contributed by atoms with Crippen molar-refractivity contribution in [3.05, 3.63) is 18.2 Å². The molecule has 0 saturated heterocycles. The maximum atomic E-state index is 5.57. The summed E-state index contributed by atoms with van der Waals surface area (Å²) in [5.74, 6) is 1.53. The van der Waals surface area contributed by atoms with E-state index < -0.39 is 0 Å². The summed E-state index contributed by atoms with van der Waals surface area (Å²) in [6, 6.07) is 0. The summed E-state index contributed by atoms with van der Waals surface area (Å²) in [7, 11) is 1.97. The van der Waals surface area contributed by atoms with E-state index in [2.05, 4.69) is 15.3 Å². The first kappa shape index (κ1) is 10.6. The van der Waals surface area contributed by atoms with Gasteiger partial charge in [-0.15, -0.1) is 0 Å². The number of aryl methyl sites for hydroxylation is 1. The van der Waals surface area contributed by atoms with Crippen molar-refractivity contribution in [2.24, 2.45) is 17.8 Å². The van der Waals surface area contributed by atoms with Crippen molar-refractivity contribution < 1.29 is 0 Å². The summed E-state index contributed by atoms with van der Waals surface area (Å²) in [5.41, 5.74) is 5.57. The minimum absolute atomic E-state index is 0.502. The number of guanidine groups is 1. The Hall–Kier alpha value is -1.52. The first-order chi connectivity index (χ1) is 6.74. The van der Waals surface area contributed by atoms with E-state index >= 15 is 0 Å². The molecule has 0 aromatic carbocycles. The molecule has 0 fully saturated rings. The van der Waals surface area contributed by atoms with Crippen LogP contribution in [-0.2, 0) is 13.5 Å². The Morgan fingerprint density at radius 3 is 3.07 bits per heavy atom. The highest BCUT2D eigenvalue weighted by Crippen LogP contribution is 1.95. The molecule has 14 heavy (non-hydrogen) atoms. The lowest BCUT2D eigenvalue weighted by Crippen LogP contribution is -2.31. The molecule has 5 nitrogen and oxygen atoms in total. The fourth-order valence-corrected chi connectivity index (χ4v) is 1.15. The average Bonchev–Trinajstić information content (AvgIpc) is 2.52. The van der Waals surface area contributed by atoms with Crippen molar-refractivity contribution in [3.8, 4) is 0 Å². The van der Waals surface area contributed by atoms with Crippen molar-refractivity contribution in [2.75, 3.05) is 13.1 Å². The zero-order chi connectivity index (χ0) is 10.4. The van der Waals surface area contributed by atoms with Crippen LogP contribution in [0.1, 0.15) is 12.7 Å². The van der Waals surface area contributed by atoms with Crippen LogP contribution in [0.3, 0.4) is 0 Å². The maximum Gasteiger partial charge on any atom is 0.188 e. The first-order valence-electron chi connectivity index (χ1n) is 4.74. The Bertz CT molecular complexity index is 302. The molecule has 0 aliphatic rings. The van der Waals surface area contributed by atoms with E-state index in [1.165, 1.54) is 0 Å². The second-order valence-electron chi connectivity index (χ2n) is 3.00. The van der Waals surface area contributed by atoms with E-state index in [-0.39, 0.29) is 0 Å². The van der Waals surface area contributed by atoms with E-state index in [9.17, 15) is 0 Å². The number of aromatic nitrogens is 2. The fourth-order valence-electron chi connectivity index (χ4n) is 1.15. The molecule has 0 aliphatic carbocycles. The molecule has 0 spiro atoms. The summed E-state index contributed by atoms with van der Waals surface area (Å²) < 4.78 is 1.99. The van der Waals surface area contributed by atoms with Gasteiger partial charge in [-0.1, -0.05) is 0 Å². The largest absolute Gasteiger partial charge is 0.370 e. The lowest BCUT2D eigenvalue weighted by Gasteiger charge is -2.01. The maximum absolute atomic E-state index is 5.57. The van der Waals surface area contributed by atoms with Gasteiger partial charge in [-0.25, -0.2) is 4.98 Å². The van der Waals surface area contributed by atoms with Crippen molar-refractivity contribution in [1.82, 2.24) is 14.9 Å². The number of aliphatic imine (C=N–C) groups is 1. The molecule has 0 bridgehead atoms. The minimum atomic E-state index is 0.502. The quantitative estimate of drug-likeness (QED) is 0.520. The van der Waals surface area contributed by atoms with E-state index in [0.717, 1.165) is 18.8 Å². The van der Waals surface area contributed by atoms with Gasteiger partial charge in [0.25, 0.3) is 0 Å². The molecule has 1 aromatic rings. The molecule has 3 N–H and O–H groups in total. The van der Waals surface area contributed by atoms with Crippen LogP contribution in [0.5, 0.6) is 0 Å². The highest BCUT2D eigenvalue weighted by atomic mass is 15.1. The molecule has 5 heteroatoms. The smallest absolute Gasteiger partial charge is 0.188 e. The van der Waals surface area contributed by atoms with E-state index in [1.54, 1.807) is 6.20 Å². The highest BCUT2D eigenvalue weighted by Gasteiger charge is 1.97. The van der Waals surface area contributed by atoms with Gasteiger partial charge in [0, 0.05) is 39.0 Å². The molecule has 0 radical (unpaired) electrons. The van der Waals surface area contributed by atoms with Gasteiger partial charge in [-0.05, 0) is 6.92 Å². The number of nitrogens with two attached hydrogens (primary N) is 1. The van der Waals surface area contributed by atoms with E-state index in [4.69, 9.17) is 5.73 Å². The number of rotatable bonds is 4. The molecular formula is C9H17N5. The monoisotopic (exact) mass is 195 g/mol. The molecule has 0 saturated carbocycles. The van der Waals surface area contributed by atoms with Crippen LogP contribution in [0.25, 0.3) is 0 Å². The molecule has 1 heterocycles. The van der Waals surface area contributed by atoms with Gasteiger partial charge < -0.3 is 15.6 Å². The van der Waals surface area contributed by atoms with Crippen LogP contribution in [0, 0.1) is 0 Å². The molecule has 0 atom stereocenters. The topological polar surface area (TPSA) is 68.2 Å². The summed E-state index contributed by atoms with van der Waals surface area (Å²) in [6.45, 7) is 3.46. The standard InChI is InChI=1S/C9H17N5/c1-3-11-9(10)13-5-4-8-12-6-7-14(8)2/h6-7H,3-5H2,1-2H3,(H3,10,11,13). The first-order valence-corrected chi connectivity index (χ1v) is 4.74. The molecule has 1 aromatic heterocycles. The second kappa shape index (κ2) is 5.26. The van der Waals surface area contributed by atoms with Crippen molar-refractivity contribution in [1.29, 1.82) is 0 Å². The summed E-state index contributed by atoms with van der Waals surface area (Å²) in [5, 5.41) is 2.94. The highest BCUT2D eigenvalue weighted by molar-refractivity contribution is 5.77. The molecule has 0 amide bonds. The van der Waals surface area contributed by atoms with Gasteiger partial charge in [0.05, 0.1) is 0 Å². The second-order valence-corrected chi connectivity index (χ2v) is 3.00. The predicted molar refractivity (Wildman–Crippen MR) is 57.1 cm³/mol. The van der Waals surface area contributed by atoms with Gasteiger partial charge in [0.1, 0.15) is 5.82 Å². The van der Waals surface area contributed by atoms with Gasteiger partial charge in [0.2, 0.25) is 0 Å². The third-order valence-electron chi connectivity index (χ3n) is 1.90. The number of nitrogens with one attached hydrogen (secondary N) is 1. The Labute approximate surface area is 84.0 Å². The van der Waals surface area contributed by atoms with Gasteiger partial charge >= 0.3 is 0 Å². The Kier molecular flexibility index (Phi) is 3.97. The van der Waals surface area contributed by atoms with Crippen LogP contribution < -0.4 is 11.1 Å². The predicted octanol–water partition coefficient (Wildman–Crippen LogP) is -0.113. The number of nitrogens with zero attached hydrogens (tertiary/aromatic N) is 3. The van der Waals surface area contributed by atoms with E-state index in [1.807, 2.05) is 24.7 Å². The van der Waals surface area contributed by atoms with Gasteiger partial charge in [-0.3, -0.25) is 4.99 Å². The molecule has 0 aliphatic heterocycles. The number of hydrogen-bond donors (Lipinski definition) is 2. The molecule has 78 valence electrons. The van der Waals surface area contributed by atoms with Crippen molar-refractivity contribution >= 4 is 5.96 Å². The summed E-state index contributed by atoms with van der Waals surface area (Å²) >= 11 is 0. The van der Waals surface area contributed by atoms with Gasteiger partial charge in [0.15, 0.2) is 5.96 Å². The lowest BCUT2D eigenvalue weighted by atomic mass is 10.4. The lowest BCUT2D eigenvalue weighted by molar-refractivity contribution is 0.774. The van der Waals surface area contributed by atoms with Crippen molar-refractivity contribution in [3.63, 3.8) is 0 Å². The Balaban J connectivity index is 2.35.